The lowest BCUT2D eigenvalue weighted by molar-refractivity contribution is 0.0300. The Labute approximate surface area is 150 Å². The van der Waals surface area contributed by atoms with E-state index in [0.717, 1.165) is 37.1 Å². The molecule has 0 amide bonds. The van der Waals surface area contributed by atoms with E-state index in [1.165, 1.54) is 11.1 Å². The summed E-state index contributed by atoms with van der Waals surface area (Å²) in [7, 11) is 0. The first-order valence-corrected chi connectivity index (χ1v) is 9.19. The van der Waals surface area contributed by atoms with Crippen LogP contribution < -0.4 is 11.5 Å². The predicted molar refractivity (Wildman–Crippen MR) is 101 cm³/mol. The molecule has 1 aliphatic heterocycles. The largest absolute Gasteiger partial charge is 0.330 e. The summed E-state index contributed by atoms with van der Waals surface area (Å²) in [5.74, 6) is 0. The zero-order chi connectivity index (χ0) is 17.8. The van der Waals surface area contributed by atoms with Crippen LogP contribution in [0.25, 0.3) is 0 Å². The molecule has 3 heterocycles. The van der Waals surface area contributed by atoms with Gasteiger partial charge in [-0.1, -0.05) is 12.1 Å². The number of hydrogen-bond donors (Lipinski definition) is 2. The summed E-state index contributed by atoms with van der Waals surface area (Å²) in [4.78, 5) is 11.8. The zero-order valence-electron chi connectivity index (χ0n) is 15.2. The maximum absolute atomic E-state index is 6.60. The van der Waals surface area contributed by atoms with Gasteiger partial charge in [0.05, 0.1) is 29.6 Å². The Morgan fingerprint density at radius 3 is 2.00 bits per heavy atom. The fourth-order valence-corrected chi connectivity index (χ4v) is 4.05. The van der Waals surface area contributed by atoms with Gasteiger partial charge in [0.15, 0.2) is 0 Å². The van der Waals surface area contributed by atoms with Crippen LogP contribution in [0.1, 0.15) is 60.3 Å². The Balaban J connectivity index is 2.03. The molecule has 1 fully saturated rings. The number of aryl methyl sites for hydroxylation is 2. The molecule has 0 aromatic carbocycles. The van der Waals surface area contributed by atoms with E-state index in [-0.39, 0.29) is 18.2 Å². The molecule has 0 saturated carbocycles. The van der Waals surface area contributed by atoms with E-state index in [2.05, 4.69) is 30.9 Å². The minimum absolute atomic E-state index is 0.0943. The van der Waals surface area contributed by atoms with Gasteiger partial charge in [0.25, 0.3) is 0 Å². The molecule has 0 aliphatic carbocycles. The highest BCUT2D eigenvalue weighted by molar-refractivity contribution is 5.26. The van der Waals surface area contributed by atoms with Crippen LogP contribution in [0.4, 0.5) is 0 Å². The third-order valence-electron chi connectivity index (χ3n) is 5.25. The van der Waals surface area contributed by atoms with Crippen LogP contribution in [0.15, 0.2) is 36.7 Å². The summed E-state index contributed by atoms with van der Waals surface area (Å²) in [5, 5.41) is 0. The number of hydrogen-bond acceptors (Lipinski definition) is 5. The van der Waals surface area contributed by atoms with Gasteiger partial charge in [-0.3, -0.25) is 14.9 Å². The Morgan fingerprint density at radius 1 is 1.04 bits per heavy atom. The number of pyridine rings is 2. The SMILES string of the molecule is Cc1cccnc1C1CCCC(c2ncccc2C)N1C(N)CCN. The minimum Gasteiger partial charge on any atom is -0.330 e. The Bertz CT molecular complexity index is 648. The molecule has 5 heteroatoms. The summed E-state index contributed by atoms with van der Waals surface area (Å²) in [6.45, 7) is 4.84. The first-order chi connectivity index (χ1) is 12.1. The highest BCUT2D eigenvalue weighted by atomic mass is 15.3. The molecule has 3 rings (SSSR count). The monoisotopic (exact) mass is 339 g/mol. The van der Waals surface area contributed by atoms with E-state index >= 15 is 0 Å². The molecule has 2 aromatic rings. The van der Waals surface area contributed by atoms with Gasteiger partial charge in [0, 0.05) is 12.4 Å². The zero-order valence-corrected chi connectivity index (χ0v) is 15.2. The molecule has 2 aromatic heterocycles. The minimum atomic E-state index is -0.0943. The van der Waals surface area contributed by atoms with Gasteiger partial charge in [-0.25, -0.2) is 0 Å². The van der Waals surface area contributed by atoms with E-state index in [0.29, 0.717) is 6.54 Å². The van der Waals surface area contributed by atoms with E-state index < -0.39 is 0 Å². The van der Waals surface area contributed by atoms with E-state index in [1.807, 2.05) is 24.5 Å². The van der Waals surface area contributed by atoms with Crippen LogP contribution >= 0.6 is 0 Å². The number of piperidine rings is 1. The Kier molecular flexibility index (Phi) is 5.78. The van der Waals surface area contributed by atoms with Crippen molar-refractivity contribution in [3.8, 4) is 0 Å². The molecule has 25 heavy (non-hydrogen) atoms. The molecular weight excluding hydrogens is 310 g/mol. The molecule has 0 radical (unpaired) electrons. The molecule has 1 aliphatic rings. The highest BCUT2D eigenvalue weighted by Gasteiger charge is 2.38. The van der Waals surface area contributed by atoms with Crippen LogP contribution in [0.3, 0.4) is 0 Å². The topological polar surface area (TPSA) is 81.1 Å². The lowest BCUT2D eigenvalue weighted by Gasteiger charge is -2.45. The van der Waals surface area contributed by atoms with Gasteiger partial charge in [0.2, 0.25) is 0 Å². The van der Waals surface area contributed by atoms with Crippen LogP contribution in [0, 0.1) is 13.8 Å². The van der Waals surface area contributed by atoms with Crippen molar-refractivity contribution in [3.63, 3.8) is 0 Å². The maximum atomic E-state index is 6.60. The Hall–Kier alpha value is -1.82. The van der Waals surface area contributed by atoms with Crippen molar-refractivity contribution < 1.29 is 0 Å². The fourth-order valence-electron chi connectivity index (χ4n) is 4.05. The van der Waals surface area contributed by atoms with Crippen molar-refractivity contribution in [2.45, 2.75) is 57.8 Å². The van der Waals surface area contributed by atoms with Gasteiger partial charge in [0.1, 0.15) is 0 Å². The number of rotatable bonds is 5. The molecule has 0 bridgehead atoms. The molecule has 5 nitrogen and oxygen atoms in total. The Morgan fingerprint density at radius 2 is 1.56 bits per heavy atom. The number of likely N-dealkylation sites (tertiary alicyclic amines) is 1. The molecule has 1 saturated heterocycles. The standard InChI is InChI=1S/C20H29N5/c1-14-6-4-12-23-19(14)16-8-3-9-17(25(16)18(22)10-11-21)20-15(2)7-5-13-24-20/h4-7,12-13,16-18H,3,8-11,21-22H2,1-2H3. The van der Waals surface area contributed by atoms with E-state index in [4.69, 9.17) is 21.4 Å². The van der Waals surface area contributed by atoms with Crippen LogP contribution in [0.2, 0.25) is 0 Å². The van der Waals surface area contributed by atoms with Crippen molar-refractivity contribution in [2.75, 3.05) is 6.54 Å². The summed E-state index contributed by atoms with van der Waals surface area (Å²) in [6.07, 6.45) is 7.72. The van der Waals surface area contributed by atoms with Crippen molar-refractivity contribution in [3.05, 3.63) is 59.2 Å². The van der Waals surface area contributed by atoms with Crippen molar-refractivity contribution in [1.29, 1.82) is 0 Å². The van der Waals surface area contributed by atoms with Crippen LogP contribution in [-0.2, 0) is 0 Å². The van der Waals surface area contributed by atoms with E-state index in [9.17, 15) is 0 Å². The second-order valence-corrected chi connectivity index (χ2v) is 6.97. The predicted octanol–water partition coefficient (Wildman–Crippen LogP) is 3.00. The second-order valence-electron chi connectivity index (χ2n) is 6.97. The third-order valence-corrected chi connectivity index (χ3v) is 5.25. The van der Waals surface area contributed by atoms with E-state index in [1.54, 1.807) is 0 Å². The highest BCUT2D eigenvalue weighted by Crippen LogP contribution is 2.43. The average Bonchev–Trinajstić information content (AvgIpc) is 2.62. The average molecular weight is 339 g/mol. The first kappa shape index (κ1) is 18.0. The summed E-state index contributed by atoms with van der Waals surface area (Å²) < 4.78 is 0. The normalized spacial score (nSPS) is 22.7. The maximum Gasteiger partial charge on any atom is 0.0605 e. The fraction of sp³-hybridized carbons (Fsp3) is 0.500. The second kappa shape index (κ2) is 8.04. The van der Waals surface area contributed by atoms with Gasteiger partial charge < -0.3 is 11.5 Å². The van der Waals surface area contributed by atoms with Crippen LogP contribution in [-0.4, -0.2) is 27.6 Å². The number of nitrogens with two attached hydrogens (primary N) is 2. The lowest BCUT2D eigenvalue weighted by Crippen LogP contribution is -2.49. The summed E-state index contributed by atoms with van der Waals surface area (Å²) >= 11 is 0. The van der Waals surface area contributed by atoms with Gasteiger partial charge in [-0.05, 0) is 69.3 Å². The van der Waals surface area contributed by atoms with Crippen molar-refractivity contribution >= 4 is 0 Å². The lowest BCUT2D eigenvalue weighted by atomic mass is 9.88. The summed E-state index contributed by atoms with van der Waals surface area (Å²) in [5.41, 5.74) is 17.1. The number of aromatic nitrogens is 2. The summed E-state index contributed by atoms with van der Waals surface area (Å²) in [6, 6.07) is 8.67. The molecule has 0 spiro atoms. The smallest absolute Gasteiger partial charge is 0.0605 e. The molecular formula is C20H29N5. The van der Waals surface area contributed by atoms with Gasteiger partial charge in [-0.2, -0.15) is 0 Å². The van der Waals surface area contributed by atoms with Crippen molar-refractivity contribution in [2.24, 2.45) is 11.5 Å². The third kappa shape index (κ3) is 3.73. The van der Waals surface area contributed by atoms with Crippen molar-refractivity contribution in [1.82, 2.24) is 14.9 Å². The van der Waals surface area contributed by atoms with Crippen LogP contribution in [0.5, 0.6) is 0 Å². The molecule has 3 unspecified atom stereocenters. The van der Waals surface area contributed by atoms with Gasteiger partial charge in [-0.15, -0.1) is 0 Å². The van der Waals surface area contributed by atoms with Gasteiger partial charge >= 0.3 is 0 Å². The number of nitrogens with zero attached hydrogens (tertiary/aromatic N) is 3. The molecule has 4 N–H and O–H groups in total. The molecule has 3 atom stereocenters. The quantitative estimate of drug-likeness (QED) is 0.875. The first-order valence-electron chi connectivity index (χ1n) is 9.19. The molecule has 134 valence electrons.